The number of nitrogens with zero attached hydrogens (tertiary/aromatic N) is 5. The Morgan fingerprint density at radius 2 is 2.30 bits per heavy atom. The Bertz CT molecular complexity index is 741. The van der Waals surface area contributed by atoms with E-state index in [1.807, 2.05) is 29.7 Å². The number of imidazole rings is 1. The second-order valence-corrected chi connectivity index (χ2v) is 5.95. The molecule has 0 bridgehead atoms. The quantitative estimate of drug-likeness (QED) is 0.678. The molecule has 0 fully saturated rings. The minimum absolute atomic E-state index is 0.209. The summed E-state index contributed by atoms with van der Waals surface area (Å²) >= 11 is 9.63. The third-order valence-electron chi connectivity index (χ3n) is 2.88. The van der Waals surface area contributed by atoms with Gasteiger partial charge in [0.25, 0.3) is 0 Å². The maximum Gasteiger partial charge on any atom is 0.160 e. The molecule has 0 spiro atoms. The molecule has 20 heavy (non-hydrogen) atoms. The molecule has 1 unspecified atom stereocenters. The van der Waals surface area contributed by atoms with Gasteiger partial charge in [-0.05, 0) is 41.1 Å². The zero-order valence-corrected chi connectivity index (χ0v) is 13.0. The van der Waals surface area contributed by atoms with Crippen LogP contribution in [0.15, 0.2) is 35.1 Å². The summed E-state index contributed by atoms with van der Waals surface area (Å²) in [5, 5.41) is 7.78. The minimum Gasteiger partial charge on any atom is -0.305 e. The summed E-state index contributed by atoms with van der Waals surface area (Å²) in [6.07, 6.45) is 3.40. The van der Waals surface area contributed by atoms with E-state index in [9.17, 15) is 0 Å². The Labute approximate surface area is 129 Å². The SMILES string of the molecule is CC(Cl)c1nc2cc(Br)cnc2n1Cc1cccnn1. The Morgan fingerprint density at radius 1 is 1.45 bits per heavy atom. The maximum atomic E-state index is 6.23. The zero-order valence-electron chi connectivity index (χ0n) is 10.7. The second-order valence-electron chi connectivity index (χ2n) is 4.38. The van der Waals surface area contributed by atoms with Gasteiger partial charge in [0.05, 0.1) is 17.6 Å². The van der Waals surface area contributed by atoms with E-state index in [2.05, 4.69) is 36.1 Å². The molecule has 3 aromatic rings. The van der Waals surface area contributed by atoms with Gasteiger partial charge in [-0.3, -0.25) is 0 Å². The predicted octanol–water partition coefficient (Wildman–Crippen LogP) is 3.33. The van der Waals surface area contributed by atoms with Gasteiger partial charge in [0.1, 0.15) is 11.3 Å². The lowest BCUT2D eigenvalue weighted by molar-refractivity contribution is 0.709. The Morgan fingerprint density at radius 3 is 3.00 bits per heavy atom. The molecule has 7 heteroatoms. The molecular weight excluding hydrogens is 342 g/mol. The highest BCUT2D eigenvalue weighted by Crippen LogP contribution is 2.25. The topological polar surface area (TPSA) is 56.5 Å². The fourth-order valence-corrected chi connectivity index (χ4v) is 2.53. The molecule has 0 aromatic carbocycles. The van der Waals surface area contributed by atoms with Crippen LogP contribution in [0.1, 0.15) is 23.8 Å². The van der Waals surface area contributed by atoms with E-state index in [1.54, 1.807) is 12.4 Å². The van der Waals surface area contributed by atoms with Crippen molar-refractivity contribution < 1.29 is 0 Å². The van der Waals surface area contributed by atoms with Crippen LogP contribution in [0.2, 0.25) is 0 Å². The van der Waals surface area contributed by atoms with Crippen LogP contribution in [-0.4, -0.2) is 24.7 Å². The van der Waals surface area contributed by atoms with Crippen LogP contribution in [0, 0.1) is 0 Å². The van der Waals surface area contributed by atoms with Crippen molar-refractivity contribution in [3.63, 3.8) is 0 Å². The van der Waals surface area contributed by atoms with Crippen LogP contribution >= 0.6 is 27.5 Å². The highest BCUT2D eigenvalue weighted by molar-refractivity contribution is 9.10. The number of alkyl halides is 1. The second kappa shape index (κ2) is 5.46. The summed E-state index contributed by atoms with van der Waals surface area (Å²) in [4.78, 5) is 8.99. The molecule has 0 aliphatic carbocycles. The summed E-state index contributed by atoms with van der Waals surface area (Å²) in [5.74, 6) is 0.776. The summed E-state index contributed by atoms with van der Waals surface area (Å²) in [5.41, 5.74) is 2.45. The molecule has 0 aliphatic rings. The molecule has 0 amide bonds. The van der Waals surface area contributed by atoms with Crippen molar-refractivity contribution in [2.75, 3.05) is 0 Å². The average molecular weight is 353 g/mol. The van der Waals surface area contributed by atoms with E-state index < -0.39 is 0 Å². The van der Waals surface area contributed by atoms with E-state index >= 15 is 0 Å². The van der Waals surface area contributed by atoms with E-state index in [1.165, 1.54) is 0 Å². The van der Waals surface area contributed by atoms with Crippen molar-refractivity contribution in [2.45, 2.75) is 18.8 Å². The summed E-state index contributed by atoms with van der Waals surface area (Å²) in [7, 11) is 0. The van der Waals surface area contributed by atoms with Gasteiger partial charge < -0.3 is 4.57 Å². The highest BCUT2D eigenvalue weighted by atomic mass is 79.9. The fraction of sp³-hybridized carbons (Fsp3) is 0.231. The van der Waals surface area contributed by atoms with Crippen molar-refractivity contribution in [3.05, 3.63) is 46.6 Å². The monoisotopic (exact) mass is 351 g/mol. The van der Waals surface area contributed by atoms with Gasteiger partial charge in [-0.25, -0.2) is 9.97 Å². The molecule has 3 heterocycles. The van der Waals surface area contributed by atoms with Gasteiger partial charge in [0, 0.05) is 16.9 Å². The van der Waals surface area contributed by atoms with E-state index in [0.717, 1.165) is 27.2 Å². The standard InChI is InChI=1S/C13H11BrClN5/c1-8(15)12-18-11-5-9(14)6-16-13(11)20(12)7-10-3-2-4-17-19-10/h2-6,8H,7H2,1H3. The molecule has 0 saturated carbocycles. The largest absolute Gasteiger partial charge is 0.305 e. The number of halogens is 2. The molecule has 3 rings (SSSR count). The number of hydrogen-bond acceptors (Lipinski definition) is 4. The van der Waals surface area contributed by atoms with E-state index in [-0.39, 0.29) is 5.38 Å². The summed E-state index contributed by atoms with van der Waals surface area (Å²) in [6, 6.07) is 5.70. The van der Waals surface area contributed by atoms with Crippen molar-refractivity contribution in [1.82, 2.24) is 24.7 Å². The summed E-state index contributed by atoms with van der Waals surface area (Å²) < 4.78 is 2.87. The molecule has 5 nitrogen and oxygen atoms in total. The third kappa shape index (κ3) is 2.53. The highest BCUT2D eigenvalue weighted by Gasteiger charge is 2.16. The molecule has 102 valence electrons. The summed E-state index contributed by atoms with van der Waals surface area (Å²) in [6.45, 7) is 2.44. The molecule has 3 aromatic heterocycles. The molecule has 0 radical (unpaired) electrons. The lowest BCUT2D eigenvalue weighted by Gasteiger charge is -2.08. The van der Waals surface area contributed by atoms with Crippen LogP contribution in [0.3, 0.4) is 0 Å². The Balaban J connectivity index is 2.14. The third-order valence-corrected chi connectivity index (χ3v) is 3.51. The van der Waals surface area contributed by atoms with Gasteiger partial charge in [-0.2, -0.15) is 10.2 Å². The van der Waals surface area contributed by atoms with Gasteiger partial charge >= 0.3 is 0 Å². The first-order valence-corrected chi connectivity index (χ1v) is 7.30. The number of rotatable bonds is 3. The Hall–Kier alpha value is -1.53. The molecule has 1 atom stereocenters. The van der Waals surface area contributed by atoms with Crippen molar-refractivity contribution in [1.29, 1.82) is 0 Å². The minimum atomic E-state index is -0.209. The zero-order chi connectivity index (χ0) is 14.1. The normalized spacial score (nSPS) is 12.8. The van der Waals surface area contributed by atoms with E-state index in [4.69, 9.17) is 11.6 Å². The van der Waals surface area contributed by atoms with Crippen LogP contribution < -0.4 is 0 Å². The van der Waals surface area contributed by atoms with Crippen LogP contribution in [0.5, 0.6) is 0 Å². The molecule has 0 N–H and O–H groups in total. The number of fused-ring (bicyclic) bond motifs is 1. The smallest absolute Gasteiger partial charge is 0.160 e. The number of hydrogen-bond donors (Lipinski definition) is 0. The number of pyridine rings is 1. The van der Waals surface area contributed by atoms with Gasteiger partial charge in [0.2, 0.25) is 0 Å². The van der Waals surface area contributed by atoms with Gasteiger partial charge in [0.15, 0.2) is 5.65 Å². The first kappa shape index (κ1) is 13.5. The van der Waals surface area contributed by atoms with Gasteiger partial charge in [-0.1, -0.05) is 0 Å². The van der Waals surface area contributed by atoms with Crippen molar-refractivity contribution in [3.8, 4) is 0 Å². The van der Waals surface area contributed by atoms with Gasteiger partial charge in [-0.15, -0.1) is 11.6 Å². The van der Waals surface area contributed by atoms with Crippen molar-refractivity contribution >= 4 is 38.7 Å². The predicted molar refractivity (Wildman–Crippen MR) is 80.6 cm³/mol. The average Bonchev–Trinajstić information content (AvgIpc) is 2.78. The first-order valence-electron chi connectivity index (χ1n) is 6.07. The van der Waals surface area contributed by atoms with Crippen LogP contribution in [-0.2, 0) is 6.54 Å². The molecule has 0 saturated heterocycles. The lowest BCUT2D eigenvalue weighted by atomic mass is 10.3. The van der Waals surface area contributed by atoms with E-state index in [0.29, 0.717) is 6.54 Å². The molecule has 0 aliphatic heterocycles. The van der Waals surface area contributed by atoms with Crippen molar-refractivity contribution in [2.24, 2.45) is 0 Å². The fourth-order valence-electron chi connectivity index (χ4n) is 2.04. The Kier molecular flexibility index (Phi) is 3.67. The number of aromatic nitrogens is 5. The van der Waals surface area contributed by atoms with Crippen LogP contribution in [0.25, 0.3) is 11.2 Å². The molecular formula is C13H11BrClN5. The lowest BCUT2D eigenvalue weighted by Crippen LogP contribution is -2.08. The first-order chi connectivity index (χ1) is 9.65. The van der Waals surface area contributed by atoms with Crippen LogP contribution in [0.4, 0.5) is 0 Å². The maximum absolute atomic E-state index is 6.23.